The molecule has 0 fully saturated rings. The molecule has 4 rings (SSSR count). The lowest BCUT2D eigenvalue weighted by molar-refractivity contribution is 0.188. The van der Waals surface area contributed by atoms with Crippen LogP contribution in [0.4, 0.5) is 0 Å². The van der Waals surface area contributed by atoms with E-state index in [2.05, 4.69) is 89.0 Å². The highest BCUT2D eigenvalue weighted by Gasteiger charge is 2.42. The van der Waals surface area contributed by atoms with Gasteiger partial charge in [-0.1, -0.05) is 91.0 Å². The molecule has 24 heavy (non-hydrogen) atoms. The maximum Gasteiger partial charge on any atom is 0.134 e. The Morgan fingerprint density at radius 2 is 1.04 bits per heavy atom. The van der Waals surface area contributed by atoms with E-state index in [0.717, 1.165) is 16.7 Å². The predicted octanol–water partition coefficient (Wildman–Crippen LogP) is 3.25. The van der Waals surface area contributed by atoms with Gasteiger partial charge in [-0.2, -0.15) is 5.10 Å². The van der Waals surface area contributed by atoms with Crippen molar-refractivity contribution >= 4 is 6.34 Å². The summed E-state index contributed by atoms with van der Waals surface area (Å²) in [5.41, 5.74) is 8.93. The fraction of sp³-hybridized carbons (Fsp3) is 0.0500. The average Bonchev–Trinajstić information content (AvgIpc) is 3.20. The third-order valence-electron chi connectivity index (χ3n) is 4.34. The Kier molecular flexibility index (Phi) is 3.73. The molecule has 1 aliphatic rings. The van der Waals surface area contributed by atoms with Gasteiger partial charge in [0.15, 0.2) is 0 Å². The summed E-state index contributed by atoms with van der Waals surface area (Å²) in [6.45, 7) is 0. The molecule has 4 nitrogen and oxygen atoms in total. The normalized spacial score (nSPS) is 13.8. The lowest BCUT2D eigenvalue weighted by Gasteiger charge is -2.41. The van der Waals surface area contributed by atoms with Crippen LogP contribution in [-0.4, -0.2) is 11.3 Å². The number of benzene rings is 3. The first-order chi connectivity index (χ1) is 11.9. The number of nitrogens with zero attached hydrogens (tertiary/aromatic N) is 2. The monoisotopic (exact) mass is 314 g/mol. The number of hydrogen-bond acceptors (Lipinski definition) is 4. The third-order valence-corrected chi connectivity index (χ3v) is 4.34. The molecular weight excluding hydrogens is 296 g/mol. The molecule has 0 amide bonds. The summed E-state index contributed by atoms with van der Waals surface area (Å²) >= 11 is 0. The maximum atomic E-state index is 4.15. The van der Waals surface area contributed by atoms with E-state index in [9.17, 15) is 0 Å². The second-order valence-corrected chi connectivity index (χ2v) is 5.65. The van der Waals surface area contributed by atoms with Gasteiger partial charge in [0, 0.05) is 0 Å². The van der Waals surface area contributed by atoms with Gasteiger partial charge >= 0.3 is 0 Å². The minimum atomic E-state index is -0.531. The third kappa shape index (κ3) is 2.25. The molecule has 2 N–H and O–H groups in total. The van der Waals surface area contributed by atoms with Crippen LogP contribution in [0.3, 0.4) is 0 Å². The number of hydrazine groups is 2. The minimum absolute atomic E-state index is 0.531. The van der Waals surface area contributed by atoms with Crippen molar-refractivity contribution in [3.63, 3.8) is 0 Å². The molecule has 0 atom stereocenters. The van der Waals surface area contributed by atoms with E-state index in [4.69, 9.17) is 0 Å². The van der Waals surface area contributed by atoms with E-state index in [1.165, 1.54) is 0 Å². The van der Waals surface area contributed by atoms with Crippen LogP contribution in [0.15, 0.2) is 96.1 Å². The zero-order valence-electron chi connectivity index (χ0n) is 13.1. The Labute approximate surface area is 141 Å². The van der Waals surface area contributed by atoms with Crippen molar-refractivity contribution in [2.24, 2.45) is 5.10 Å². The van der Waals surface area contributed by atoms with Crippen molar-refractivity contribution < 1.29 is 0 Å². The SMILES string of the molecule is C1=NNNN1C(c1ccccc1)(c1ccccc1)c1ccccc1. The van der Waals surface area contributed by atoms with E-state index >= 15 is 0 Å². The summed E-state index contributed by atoms with van der Waals surface area (Å²) in [5.74, 6) is 0. The number of nitrogens with one attached hydrogen (secondary N) is 2. The topological polar surface area (TPSA) is 39.7 Å². The van der Waals surface area contributed by atoms with Crippen LogP contribution in [0, 0.1) is 0 Å². The molecule has 0 radical (unpaired) electrons. The summed E-state index contributed by atoms with van der Waals surface area (Å²) < 4.78 is 0. The van der Waals surface area contributed by atoms with Crippen LogP contribution >= 0.6 is 0 Å². The first-order valence-electron chi connectivity index (χ1n) is 7.92. The average molecular weight is 314 g/mol. The molecule has 118 valence electrons. The Balaban J connectivity index is 2.05. The summed E-state index contributed by atoms with van der Waals surface area (Å²) in [5, 5.41) is 6.15. The molecule has 0 aliphatic carbocycles. The van der Waals surface area contributed by atoms with Crippen molar-refractivity contribution in [1.29, 1.82) is 0 Å². The first kappa shape index (κ1) is 14.5. The standard InChI is InChI=1S/C20H18N4/c1-4-10-17(11-5-1)20(24-16-21-22-23-24,18-12-6-2-7-13-18)19-14-8-3-9-15-19/h1-16,22-23H. The van der Waals surface area contributed by atoms with Crippen LogP contribution in [0.25, 0.3) is 0 Å². The zero-order chi connectivity index (χ0) is 16.2. The van der Waals surface area contributed by atoms with Crippen molar-refractivity contribution in [2.45, 2.75) is 5.54 Å². The van der Waals surface area contributed by atoms with E-state index in [1.54, 1.807) is 6.34 Å². The van der Waals surface area contributed by atoms with Crippen LogP contribution in [0.1, 0.15) is 16.7 Å². The second-order valence-electron chi connectivity index (χ2n) is 5.65. The molecule has 0 saturated carbocycles. The van der Waals surface area contributed by atoms with Gasteiger partial charge in [-0.15, -0.1) is 5.53 Å². The number of hydrogen-bond donors (Lipinski definition) is 2. The van der Waals surface area contributed by atoms with Crippen LogP contribution in [-0.2, 0) is 5.54 Å². The molecule has 1 aliphatic heterocycles. The molecule has 0 aromatic heterocycles. The molecule has 4 heteroatoms. The van der Waals surface area contributed by atoms with Gasteiger partial charge in [-0.05, 0) is 16.7 Å². The summed E-state index contributed by atoms with van der Waals surface area (Å²) in [6.07, 6.45) is 1.78. The van der Waals surface area contributed by atoms with Crippen LogP contribution in [0.5, 0.6) is 0 Å². The molecule has 1 heterocycles. The van der Waals surface area contributed by atoms with Gasteiger partial charge in [0.2, 0.25) is 0 Å². The number of hydrazone groups is 1. The molecule has 0 spiro atoms. The maximum absolute atomic E-state index is 4.15. The smallest absolute Gasteiger partial charge is 0.134 e. The van der Waals surface area contributed by atoms with E-state index in [1.807, 2.05) is 23.2 Å². The molecule has 0 saturated heterocycles. The highest BCUT2D eigenvalue weighted by molar-refractivity contribution is 5.63. The Bertz CT molecular complexity index is 719. The van der Waals surface area contributed by atoms with Gasteiger partial charge in [-0.3, -0.25) is 5.01 Å². The fourth-order valence-corrected chi connectivity index (χ4v) is 3.32. The highest BCUT2D eigenvalue weighted by atomic mass is 15.8. The van der Waals surface area contributed by atoms with Gasteiger partial charge in [0.25, 0.3) is 0 Å². The van der Waals surface area contributed by atoms with Crippen LogP contribution in [0.2, 0.25) is 0 Å². The molecule has 3 aromatic rings. The first-order valence-corrected chi connectivity index (χ1v) is 7.92. The Hall–Kier alpha value is -3.11. The van der Waals surface area contributed by atoms with Gasteiger partial charge in [0.1, 0.15) is 11.9 Å². The van der Waals surface area contributed by atoms with Crippen molar-refractivity contribution in [3.05, 3.63) is 108 Å². The zero-order valence-corrected chi connectivity index (χ0v) is 13.1. The van der Waals surface area contributed by atoms with E-state index < -0.39 is 5.54 Å². The lowest BCUT2D eigenvalue weighted by Crippen LogP contribution is -2.53. The van der Waals surface area contributed by atoms with Crippen molar-refractivity contribution in [3.8, 4) is 0 Å². The molecule has 3 aromatic carbocycles. The summed E-state index contributed by atoms with van der Waals surface area (Å²) in [7, 11) is 0. The summed E-state index contributed by atoms with van der Waals surface area (Å²) in [6, 6.07) is 31.4. The minimum Gasteiger partial charge on any atom is -0.258 e. The summed E-state index contributed by atoms with van der Waals surface area (Å²) in [4.78, 5) is 0. The van der Waals surface area contributed by atoms with E-state index in [0.29, 0.717) is 0 Å². The Morgan fingerprint density at radius 3 is 1.38 bits per heavy atom. The molecular formula is C20H18N4. The number of rotatable bonds is 4. The molecule has 0 unspecified atom stereocenters. The van der Waals surface area contributed by atoms with Crippen molar-refractivity contribution in [1.82, 2.24) is 16.1 Å². The van der Waals surface area contributed by atoms with Gasteiger partial charge in [-0.25, -0.2) is 5.53 Å². The largest absolute Gasteiger partial charge is 0.258 e. The quantitative estimate of drug-likeness (QED) is 0.726. The highest BCUT2D eigenvalue weighted by Crippen LogP contribution is 2.41. The van der Waals surface area contributed by atoms with E-state index in [-0.39, 0.29) is 0 Å². The Morgan fingerprint density at radius 1 is 0.625 bits per heavy atom. The van der Waals surface area contributed by atoms with Gasteiger partial charge in [0.05, 0.1) is 0 Å². The predicted molar refractivity (Wildman–Crippen MR) is 95.8 cm³/mol. The lowest BCUT2D eigenvalue weighted by atomic mass is 9.76. The van der Waals surface area contributed by atoms with Crippen LogP contribution < -0.4 is 11.1 Å². The second kappa shape index (κ2) is 6.18. The fourth-order valence-electron chi connectivity index (χ4n) is 3.32. The molecule has 0 bridgehead atoms. The van der Waals surface area contributed by atoms with Crippen molar-refractivity contribution in [2.75, 3.05) is 0 Å². The van der Waals surface area contributed by atoms with Gasteiger partial charge < -0.3 is 0 Å².